The van der Waals surface area contributed by atoms with E-state index >= 15 is 4.39 Å². The molecule has 1 aromatic heterocycles. The molecule has 4 aromatic rings. The molecule has 3 aromatic carbocycles. The third-order valence-electron chi connectivity index (χ3n) is 6.51. The monoisotopic (exact) mass is 638 g/mol. The van der Waals surface area contributed by atoms with Crippen molar-refractivity contribution < 1.29 is 27.0 Å². The molecule has 0 amide bonds. The average molecular weight is 640 g/mol. The van der Waals surface area contributed by atoms with E-state index in [2.05, 4.69) is 14.3 Å². The normalized spacial score (nSPS) is 13.3. The highest BCUT2D eigenvalue weighted by Crippen LogP contribution is 2.41. The molecule has 1 fully saturated rings. The van der Waals surface area contributed by atoms with Gasteiger partial charge < -0.3 is 19.1 Å². The van der Waals surface area contributed by atoms with Crippen molar-refractivity contribution in [1.29, 1.82) is 0 Å². The molecule has 1 saturated heterocycles. The summed E-state index contributed by atoms with van der Waals surface area (Å²) in [4.78, 5) is 5.54. The number of hydrogen-bond acceptors (Lipinski definition) is 9. The quantitative estimate of drug-likeness (QED) is 0.187. The van der Waals surface area contributed by atoms with Gasteiger partial charge in [0.2, 0.25) is 5.13 Å². The van der Waals surface area contributed by atoms with Crippen molar-refractivity contribution in [2.75, 3.05) is 36.5 Å². The summed E-state index contributed by atoms with van der Waals surface area (Å²) in [5.41, 5.74) is 1.25. The summed E-state index contributed by atoms with van der Waals surface area (Å²) in [6.07, 6.45) is 3.28. The van der Waals surface area contributed by atoms with Gasteiger partial charge in [0, 0.05) is 47.3 Å². The number of hydrogen-bond donors (Lipinski definition) is 0. The molecule has 0 N–H and O–H groups in total. The predicted octanol–water partition coefficient (Wildman–Crippen LogP) is 6.79. The Hall–Kier alpha value is -3.32. The van der Waals surface area contributed by atoms with E-state index < -0.39 is 20.7 Å². The van der Waals surface area contributed by atoms with Crippen LogP contribution in [0.15, 0.2) is 59.8 Å². The van der Waals surface area contributed by atoms with E-state index in [0.29, 0.717) is 27.8 Å². The van der Waals surface area contributed by atoms with Gasteiger partial charge in [-0.3, -0.25) is 0 Å². The van der Waals surface area contributed by atoms with Crippen LogP contribution in [0, 0.1) is 5.82 Å². The van der Waals surface area contributed by atoms with Gasteiger partial charge in [-0.1, -0.05) is 23.2 Å². The first-order chi connectivity index (χ1) is 19.7. The van der Waals surface area contributed by atoms with Gasteiger partial charge in [-0.2, -0.15) is 4.37 Å². The first kappa shape index (κ1) is 29.2. The Kier molecular flexibility index (Phi) is 8.74. The second kappa shape index (κ2) is 12.3. The molecule has 1 aliphatic heterocycles. The summed E-state index contributed by atoms with van der Waals surface area (Å²) in [7, 11) is -1.56. The first-order valence-corrected chi connectivity index (χ1v) is 15.4. The zero-order chi connectivity index (χ0) is 29.1. The molecule has 216 valence electrons. The predicted molar refractivity (Wildman–Crippen MR) is 157 cm³/mol. The highest BCUT2D eigenvalue weighted by atomic mass is 35.5. The fourth-order valence-corrected chi connectivity index (χ4v) is 7.11. The largest absolute Gasteiger partial charge is 0.497 e. The molecule has 0 atom stereocenters. The zero-order valence-electron chi connectivity index (χ0n) is 22.0. The van der Waals surface area contributed by atoms with Crippen LogP contribution in [0.5, 0.6) is 23.0 Å². The molecule has 0 spiro atoms. The van der Waals surface area contributed by atoms with Crippen molar-refractivity contribution in [2.45, 2.75) is 24.3 Å². The van der Waals surface area contributed by atoms with Crippen LogP contribution < -0.4 is 23.4 Å². The highest BCUT2D eigenvalue weighted by Gasteiger charge is 2.32. The van der Waals surface area contributed by atoms with Crippen LogP contribution in [0.2, 0.25) is 10.0 Å². The van der Waals surface area contributed by atoms with E-state index in [9.17, 15) is 8.42 Å². The molecule has 9 nitrogen and oxygen atoms in total. The zero-order valence-corrected chi connectivity index (χ0v) is 25.2. The van der Waals surface area contributed by atoms with E-state index in [-0.39, 0.29) is 22.4 Å². The van der Waals surface area contributed by atoms with E-state index in [1.54, 1.807) is 36.4 Å². The van der Waals surface area contributed by atoms with E-state index in [4.69, 9.17) is 37.4 Å². The number of benzene rings is 3. The van der Waals surface area contributed by atoms with Crippen molar-refractivity contribution in [3.8, 4) is 23.0 Å². The molecule has 41 heavy (non-hydrogen) atoms. The number of anilines is 2. The van der Waals surface area contributed by atoms with Gasteiger partial charge in [0.05, 0.1) is 31.5 Å². The van der Waals surface area contributed by atoms with Crippen molar-refractivity contribution in [3.63, 3.8) is 0 Å². The van der Waals surface area contributed by atoms with Gasteiger partial charge in [-0.05, 0) is 49.2 Å². The van der Waals surface area contributed by atoms with Crippen LogP contribution in [0.3, 0.4) is 0 Å². The molecule has 0 radical (unpaired) electrons. The third-order valence-corrected chi connectivity index (χ3v) is 9.60. The molecule has 2 heterocycles. The summed E-state index contributed by atoms with van der Waals surface area (Å²) in [5.74, 6) is 0.253. The average Bonchev–Trinajstić information content (AvgIpc) is 3.69. The number of nitrogens with zero attached hydrogens (tertiary/aromatic N) is 4. The highest BCUT2D eigenvalue weighted by molar-refractivity contribution is 7.93. The number of ether oxygens (including phenoxy) is 3. The van der Waals surface area contributed by atoms with E-state index in [1.807, 2.05) is 0 Å². The Morgan fingerprint density at radius 1 is 1.00 bits per heavy atom. The smallest absolute Gasteiger partial charge is 0.269 e. The first-order valence-electron chi connectivity index (χ1n) is 12.4. The number of methoxy groups -OCH3 is 2. The van der Waals surface area contributed by atoms with Crippen molar-refractivity contribution in [3.05, 3.63) is 76.3 Å². The lowest BCUT2D eigenvalue weighted by atomic mass is 10.2. The number of rotatable bonds is 10. The standard InChI is InChI=1S/C27H25Cl2FN4O5S2/c1-37-19-7-5-17(24(12-19)38-2)15-34(27-31-16-32-40-27)41(35,36)26-13-20(29)25(14-21(26)30)39-23-8-6-18(28)11-22(23)33-9-3-4-10-33/h5-8,11-14,16H,3-4,9-10,15H2,1-2H3. The summed E-state index contributed by atoms with van der Waals surface area (Å²) >= 11 is 13.6. The minimum absolute atomic E-state index is 0.0369. The molecule has 0 saturated carbocycles. The van der Waals surface area contributed by atoms with Crippen molar-refractivity contribution in [1.82, 2.24) is 9.36 Å². The maximum Gasteiger partial charge on any atom is 0.269 e. The SMILES string of the molecule is COc1ccc(CN(c2ncns2)S(=O)(=O)c2cc(Cl)c(Oc3ccc(Cl)cc3N3CCCC3)cc2F)c(OC)c1. The molecule has 14 heteroatoms. The summed E-state index contributed by atoms with van der Waals surface area (Å²) < 4.78 is 65.0. The molecule has 5 rings (SSSR count). The molecule has 1 aliphatic rings. The molecule has 0 aliphatic carbocycles. The van der Waals surface area contributed by atoms with Gasteiger partial charge >= 0.3 is 0 Å². The second-order valence-electron chi connectivity index (χ2n) is 9.03. The van der Waals surface area contributed by atoms with Crippen LogP contribution in [-0.2, 0) is 16.6 Å². The minimum Gasteiger partial charge on any atom is -0.497 e. The Bertz CT molecular complexity index is 1650. The molecule has 0 bridgehead atoms. The van der Waals surface area contributed by atoms with Crippen LogP contribution >= 0.6 is 34.7 Å². The number of aromatic nitrogens is 2. The lowest BCUT2D eigenvalue weighted by molar-refractivity contribution is 0.391. The number of halogens is 3. The summed E-state index contributed by atoms with van der Waals surface area (Å²) in [5, 5.41) is 0.477. The van der Waals surface area contributed by atoms with Gasteiger partial charge in [-0.25, -0.2) is 22.1 Å². The van der Waals surface area contributed by atoms with E-state index in [0.717, 1.165) is 59.6 Å². The summed E-state index contributed by atoms with van der Waals surface area (Å²) in [6, 6.07) is 12.1. The molecule has 0 unspecified atom stereocenters. The van der Waals surface area contributed by atoms with Crippen LogP contribution in [0.4, 0.5) is 15.2 Å². The molecular weight excluding hydrogens is 614 g/mol. The Balaban J connectivity index is 1.50. The topological polar surface area (TPSA) is 94.1 Å². The third kappa shape index (κ3) is 6.15. The second-order valence-corrected chi connectivity index (χ2v) is 12.5. The van der Waals surface area contributed by atoms with Crippen molar-refractivity contribution in [2.24, 2.45) is 0 Å². The Labute approximate surface area is 251 Å². The van der Waals surface area contributed by atoms with Crippen LogP contribution in [0.25, 0.3) is 0 Å². The van der Waals surface area contributed by atoms with Gasteiger partial charge in [0.15, 0.2) is 5.75 Å². The lowest BCUT2D eigenvalue weighted by Gasteiger charge is -2.24. The van der Waals surface area contributed by atoms with Crippen molar-refractivity contribution >= 4 is 55.6 Å². The fourth-order valence-electron chi connectivity index (χ4n) is 4.48. The van der Waals surface area contributed by atoms with Gasteiger partial charge in [0.25, 0.3) is 10.0 Å². The van der Waals surface area contributed by atoms with Gasteiger partial charge in [-0.15, -0.1) is 0 Å². The minimum atomic E-state index is -4.52. The van der Waals surface area contributed by atoms with E-state index in [1.165, 1.54) is 20.5 Å². The maximum absolute atomic E-state index is 15.6. The lowest BCUT2D eigenvalue weighted by Crippen LogP contribution is -2.31. The fraction of sp³-hybridized carbons (Fsp3) is 0.259. The molecular formula is C27H25Cl2FN4O5S2. The van der Waals surface area contributed by atoms with Gasteiger partial charge in [0.1, 0.15) is 34.3 Å². The van der Waals surface area contributed by atoms with Crippen LogP contribution in [-0.4, -0.2) is 45.1 Å². The Morgan fingerprint density at radius 3 is 2.46 bits per heavy atom. The Morgan fingerprint density at radius 2 is 1.78 bits per heavy atom. The van der Waals surface area contributed by atoms with Crippen LogP contribution in [0.1, 0.15) is 18.4 Å². The number of sulfonamides is 1. The summed E-state index contributed by atoms with van der Waals surface area (Å²) in [6.45, 7) is 1.44. The maximum atomic E-state index is 15.6.